The maximum atomic E-state index is 13.3. The van der Waals surface area contributed by atoms with Crippen molar-refractivity contribution in [2.75, 3.05) is 17.7 Å². The van der Waals surface area contributed by atoms with E-state index in [0.717, 1.165) is 0 Å². The minimum atomic E-state index is -1.09. The van der Waals surface area contributed by atoms with Crippen molar-refractivity contribution in [2.24, 2.45) is 5.92 Å². The third kappa shape index (κ3) is 4.36. The SMILES string of the molecule is Nc1nc(Cl)c(/C=C/c2cccc(F)c2)c(N[C@@H]2CC(CO)[C@@H](O)[C@H]2O)n1. The molecule has 1 aromatic heterocycles. The summed E-state index contributed by atoms with van der Waals surface area (Å²) >= 11 is 6.19. The largest absolute Gasteiger partial charge is 0.396 e. The van der Waals surface area contributed by atoms with Crippen molar-refractivity contribution in [3.63, 3.8) is 0 Å². The molecule has 3 rings (SSSR count). The molecule has 7 nitrogen and oxygen atoms in total. The van der Waals surface area contributed by atoms with E-state index in [9.17, 15) is 19.7 Å². The van der Waals surface area contributed by atoms with Crippen LogP contribution in [0.3, 0.4) is 0 Å². The maximum absolute atomic E-state index is 13.3. The van der Waals surface area contributed by atoms with Gasteiger partial charge in [-0.15, -0.1) is 0 Å². The van der Waals surface area contributed by atoms with E-state index in [1.54, 1.807) is 24.3 Å². The highest BCUT2D eigenvalue weighted by molar-refractivity contribution is 6.31. The summed E-state index contributed by atoms with van der Waals surface area (Å²) in [5.41, 5.74) is 6.70. The number of nitrogens with two attached hydrogens (primary N) is 1. The summed E-state index contributed by atoms with van der Waals surface area (Å²) in [4.78, 5) is 8.05. The first-order valence-corrected chi connectivity index (χ1v) is 8.77. The van der Waals surface area contributed by atoms with Gasteiger partial charge >= 0.3 is 0 Å². The Bertz CT molecular complexity index is 851. The number of aliphatic hydroxyl groups excluding tert-OH is 3. The van der Waals surface area contributed by atoms with Crippen molar-refractivity contribution in [2.45, 2.75) is 24.7 Å². The zero-order valence-electron chi connectivity index (χ0n) is 14.3. The van der Waals surface area contributed by atoms with Crippen molar-refractivity contribution < 1.29 is 19.7 Å². The molecule has 0 bridgehead atoms. The van der Waals surface area contributed by atoms with Crippen LogP contribution in [0, 0.1) is 11.7 Å². The molecule has 1 saturated carbocycles. The van der Waals surface area contributed by atoms with Crippen LogP contribution in [0.25, 0.3) is 12.2 Å². The first kappa shape index (κ1) is 19.5. The molecular weight excluding hydrogens is 375 g/mol. The van der Waals surface area contributed by atoms with Crippen LogP contribution in [0.4, 0.5) is 16.2 Å². The molecule has 6 N–H and O–H groups in total. The molecule has 1 aliphatic carbocycles. The van der Waals surface area contributed by atoms with Crippen molar-refractivity contribution in [1.29, 1.82) is 0 Å². The van der Waals surface area contributed by atoms with Crippen LogP contribution in [-0.4, -0.2) is 50.1 Å². The first-order valence-electron chi connectivity index (χ1n) is 8.39. The summed E-state index contributed by atoms with van der Waals surface area (Å²) in [7, 11) is 0. The molecule has 2 aromatic rings. The van der Waals surface area contributed by atoms with Crippen LogP contribution in [0.5, 0.6) is 0 Å². The minimum absolute atomic E-state index is 0.0582. The van der Waals surface area contributed by atoms with Crippen LogP contribution >= 0.6 is 11.6 Å². The minimum Gasteiger partial charge on any atom is -0.396 e. The topological polar surface area (TPSA) is 125 Å². The molecule has 4 atom stereocenters. The molecule has 144 valence electrons. The number of nitrogens with zero attached hydrogens (tertiary/aromatic N) is 2. The average Bonchev–Trinajstić information content (AvgIpc) is 2.89. The monoisotopic (exact) mass is 394 g/mol. The van der Waals surface area contributed by atoms with Gasteiger partial charge in [0.15, 0.2) is 0 Å². The molecule has 0 saturated heterocycles. The van der Waals surface area contributed by atoms with Gasteiger partial charge in [-0.05, 0) is 30.2 Å². The molecule has 0 radical (unpaired) electrons. The number of aromatic nitrogens is 2. The van der Waals surface area contributed by atoms with Gasteiger partial charge in [-0.25, -0.2) is 9.37 Å². The van der Waals surface area contributed by atoms with Crippen molar-refractivity contribution in [1.82, 2.24) is 9.97 Å². The molecule has 1 heterocycles. The van der Waals surface area contributed by atoms with Gasteiger partial charge in [0.25, 0.3) is 0 Å². The molecule has 1 fully saturated rings. The Kier molecular flexibility index (Phi) is 5.91. The number of nitrogen functional groups attached to an aromatic ring is 1. The van der Waals surface area contributed by atoms with E-state index in [-0.39, 0.29) is 29.3 Å². The lowest BCUT2D eigenvalue weighted by molar-refractivity contribution is 0.00445. The fraction of sp³-hybridized carbons (Fsp3) is 0.333. The van der Waals surface area contributed by atoms with Gasteiger partial charge in [0.05, 0.1) is 17.7 Å². The van der Waals surface area contributed by atoms with Gasteiger partial charge < -0.3 is 26.4 Å². The number of hydrogen-bond donors (Lipinski definition) is 5. The number of benzene rings is 1. The van der Waals surface area contributed by atoms with Crippen LogP contribution in [-0.2, 0) is 0 Å². The van der Waals surface area contributed by atoms with Crippen LogP contribution in [0.15, 0.2) is 24.3 Å². The first-order chi connectivity index (χ1) is 12.9. The smallest absolute Gasteiger partial charge is 0.223 e. The second-order valence-corrected chi connectivity index (χ2v) is 6.79. The van der Waals surface area contributed by atoms with E-state index in [4.69, 9.17) is 17.3 Å². The fourth-order valence-corrected chi connectivity index (χ4v) is 3.37. The third-order valence-electron chi connectivity index (χ3n) is 4.57. The number of halogens is 2. The van der Waals surface area contributed by atoms with E-state index in [0.29, 0.717) is 17.5 Å². The van der Waals surface area contributed by atoms with Crippen molar-refractivity contribution in [3.05, 3.63) is 46.4 Å². The standard InChI is InChI=1S/C18H20ClFN4O3/c19-16-12(5-4-9-2-1-3-11(20)6-9)17(24-18(21)23-16)22-13-7-10(8-25)14(26)15(13)27/h1-6,10,13-15,25-27H,7-8H2,(H3,21,22,23,24)/b5-4+/t10?,13-,14-,15+/m1/s1. The van der Waals surface area contributed by atoms with E-state index >= 15 is 0 Å². The molecule has 9 heteroatoms. The highest BCUT2D eigenvalue weighted by Crippen LogP contribution is 2.31. The molecule has 1 aliphatic rings. The molecule has 27 heavy (non-hydrogen) atoms. The Labute approximate surface area is 160 Å². The third-order valence-corrected chi connectivity index (χ3v) is 4.85. The fourth-order valence-electron chi connectivity index (χ4n) is 3.13. The Balaban J connectivity index is 1.89. The summed E-state index contributed by atoms with van der Waals surface area (Å²) in [6.45, 7) is -0.241. The second kappa shape index (κ2) is 8.18. The van der Waals surface area contributed by atoms with Crippen molar-refractivity contribution in [3.8, 4) is 0 Å². The lowest BCUT2D eigenvalue weighted by atomic mass is 10.1. The summed E-state index contributed by atoms with van der Waals surface area (Å²) < 4.78 is 13.3. The van der Waals surface area contributed by atoms with Gasteiger partial charge in [-0.2, -0.15) is 4.98 Å². The lowest BCUT2D eigenvalue weighted by Gasteiger charge is -2.20. The molecular formula is C18H20ClFN4O3. The summed E-state index contributed by atoms with van der Waals surface area (Å²) in [6.07, 6.45) is 1.46. The van der Waals surface area contributed by atoms with Gasteiger partial charge in [-0.1, -0.05) is 29.8 Å². The number of anilines is 2. The highest BCUT2D eigenvalue weighted by atomic mass is 35.5. The Morgan fingerprint density at radius 1 is 1.26 bits per heavy atom. The Morgan fingerprint density at radius 3 is 2.70 bits per heavy atom. The maximum Gasteiger partial charge on any atom is 0.223 e. The van der Waals surface area contributed by atoms with E-state index < -0.39 is 24.2 Å². The number of aliphatic hydroxyl groups is 3. The molecule has 0 amide bonds. The Morgan fingerprint density at radius 2 is 2.04 bits per heavy atom. The molecule has 1 unspecified atom stereocenters. The predicted molar refractivity (Wildman–Crippen MR) is 101 cm³/mol. The van der Waals surface area contributed by atoms with Gasteiger partial charge in [0.2, 0.25) is 5.95 Å². The molecule has 0 spiro atoms. The predicted octanol–water partition coefficient (Wildman–Crippen LogP) is 1.54. The lowest BCUT2D eigenvalue weighted by Crippen LogP contribution is -2.35. The number of rotatable bonds is 5. The second-order valence-electron chi connectivity index (χ2n) is 6.43. The van der Waals surface area contributed by atoms with Crippen LogP contribution in [0.2, 0.25) is 5.15 Å². The summed E-state index contributed by atoms with van der Waals surface area (Å²) in [5.74, 6) is -0.598. The zero-order chi connectivity index (χ0) is 19.6. The summed E-state index contributed by atoms with van der Waals surface area (Å²) in [5, 5.41) is 32.6. The van der Waals surface area contributed by atoms with Crippen LogP contribution in [0.1, 0.15) is 17.5 Å². The number of nitrogens with one attached hydrogen (secondary N) is 1. The Hall–Kier alpha value is -2.26. The average molecular weight is 395 g/mol. The molecule has 0 aliphatic heterocycles. The van der Waals surface area contributed by atoms with Crippen LogP contribution < -0.4 is 11.1 Å². The normalized spacial score (nSPS) is 25.2. The number of hydrogen-bond acceptors (Lipinski definition) is 7. The van der Waals surface area contributed by atoms with Gasteiger partial charge in [0, 0.05) is 12.5 Å². The molecule has 1 aromatic carbocycles. The highest BCUT2D eigenvalue weighted by Gasteiger charge is 2.41. The van der Waals surface area contributed by atoms with E-state index in [1.807, 2.05) is 0 Å². The quantitative estimate of drug-likeness (QED) is 0.487. The van der Waals surface area contributed by atoms with E-state index in [1.165, 1.54) is 12.1 Å². The van der Waals surface area contributed by atoms with E-state index in [2.05, 4.69) is 15.3 Å². The van der Waals surface area contributed by atoms with Gasteiger partial charge in [0.1, 0.15) is 22.9 Å². The van der Waals surface area contributed by atoms with Gasteiger partial charge in [-0.3, -0.25) is 0 Å². The van der Waals surface area contributed by atoms with Crippen molar-refractivity contribution >= 4 is 35.5 Å². The zero-order valence-corrected chi connectivity index (χ0v) is 15.0. The summed E-state index contributed by atoms with van der Waals surface area (Å²) in [6, 6.07) is 5.46.